The highest BCUT2D eigenvalue weighted by molar-refractivity contribution is 6.30. The Morgan fingerprint density at radius 1 is 1.03 bits per heavy atom. The lowest BCUT2D eigenvalue weighted by molar-refractivity contribution is -0.119. The van der Waals surface area contributed by atoms with Crippen LogP contribution >= 0.6 is 36.4 Å². The Kier molecular flexibility index (Phi) is 10.7. The number of amides is 1. The topological polar surface area (TPSA) is 57.3 Å². The third-order valence-electron chi connectivity index (χ3n) is 6.22. The molecule has 34 heavy (non-hydrogen) atoms. The summed E-state index contributed by atoms with van der Waals surface area (Å²) < 4.78 is 0. The maximum absolute atomic E-state index is 11.3. The van der Waals surface area contributed by atoms with Gasteiger partial charge in [-0.1, -0.05) is 29.8 Å². The molecule has 0 aliphatic heterocycles. The van der Waals surface area contributed by atoms with E-state index in [1.165, 1.54) is 10.9 Å². The molecular formula is C26H33Cl3N4O. The summed E-state index contributed by atoms with van der Waals surface area (Å²) in [7, 11) is 0. The van der Waals surface area contributed by atoms with Gasteiger partial charge in [-0.15, -0.1) is 24.8 Å². The molecule has 1 aliphatic carbocycles. The van der Waals surface area contributed by atoms with Crippen molar-refractivity contribution in [3.8, 4) is 0 Å². The Morgan fingerprint density at radius 3 is 2.32 bits per heavy atom. The molecule has 1 amide bonds. The largest absolute Gasteiger partial charge is 0.367 e. The Balaban J connectivity index is 0.00000204. The van der Waals surface area contributed by atoms with Gasteiger partial charge in [-0.25, -0.2) is 4.98 Å². The highest BCUT2D eigenvalue weighted by atomic mass is 35.5. The fourth-order valence-electron chi connectivity index (χ4n) is 4.57. The smallest absolute Gasteiger partial charge is 0.217 e. The lowest BCUT2D eigenvalue weighted by Crippen LogP contribution is -2.39. The molecule has 4 rings (SSSR count). The van der Waals surface area contributed by atoms with E-state index in [1.807, 2.05) is 18.2 Å². The fraction of sp³-hybridized carbons (Fsp3) is 0.385. The standard InChI is InChI=1S/C26H31ClN4O.2ClH/c1-3-31(23-14-8-20(27)9-15-23)17-19-16-26(30-25-7-5-4-6-24(19)25)29-22-12-10-21(11-13-22)28-18(2)32;;/h4-9,14-16,21-22H,3,10-13,17H2,1-2H3,(H,28,32)(H,29,30);2*1H/t21-,22+;;. The van der Waals surface area contributed by atoms with E-state index in [2.05, 4.69) is 58.9 Å². The molecule has 184 valence electrons. The molecule has 1 saturated carbocycles. The monoisotopic (exact) mass is 522 g/mol. The van der Waals surface area contributed by atoms with Crippen LogP contribution in [0.5, 0.6) is 0 Å². The number of carbonyl (C=O) groups is 1. The number of hydrogen-bond donors (Lipinski definition) is 2. The van der Waals surface area contributed by atoms with Gasteiger partial charge in [0.15, 0.2) is 0 Å². The summed E-state index contributed by atoms with van der Waals surface area (Å²) in [5, 5.41) is 8.65. The molecule has 2 aromatic carbocycles. The number of para-hydroxylation sites is 1. The number of pyridine rings is 1. The van der Waals surface area contributed by atoms with Crippen LogP contribution in [-0.4, -0.2) is 29.5 Å². The van der Waals surface area contributed by atoms with Gasteiger partial charge in [-0.2, -0.15) is 0 Å². The molecule has 5 nitrogen and oxygen atoms in total. The fourth-order valence-corrected chi connectivity index (χ4v) is 4.70. The molecule has 0 unspecified atom stereocenters. The first-order valence-electron chi connectivity index (χ1n) is 11.4. The van der Waals surface area contributed by atoms with E-state index in [9.17, 15) is 4.79 Å². The van der Waals surface area contributed by atoms with Crippen molar-refractivity contribution in [3.63, 3.8) is 0 Å². The van der Waals surface area contributed by atoms with Crippen LogP contribution < -0.4 is 15.5 Å². The van der Waals surface area contributed by atoms with Gasteiger partial charge in [0.25, 0.3) is 0 Å². The zero-order chi connectivity index (χ0) is 22.5. The first kappa shape index (κ1) is 28.0. The molecule has 1 aromatic heterocycles. The normalized spacial score (nSPS) is 17.3. The minimum atomic E-state index is 0. The SMILES string of the molecule is CCN(Cc1cc(N[C@H]2CC[C@@H](NC(C)=O)CC2)nc2ccccc12)c1ccc(Cl)cc1.Cl.Cl. The van der Waals surface area contributed by atoms with E-state index in [-0.39, 0.29) is 30.7 Å². The molecule has 2 N–H and O–H groups in total. The van der Waals surface area contributed by atoms with Crippen molar-refractivity contribution in [1.82, 2.24) is 10.3 Å². The molecule has 0 radical (unpaired) electrons. The number of halogens is 3. The van der Waals surface area contributed by atoms with Crippen LogP contribution in [0.3, 0.4) is 0 Å². The second-order valence-corrected chi connectivity index (χ2v) is 9.00. The van der Waals surface area contributed by atoms with Crippen LogP contribution in [0.1, 0.15) is 45.1 Å². The number of nitrogens with one attached hydrogen (secondary N) is 2. The minimum Gasteiger partial charge on any atom is -0.367 e. The van der Waals surface area contributed by atoms with Gasteiger partial charge in [0.05, 0.1) is 5.52 Å². The van der Waals surface area contributed by atoms with Crippen molar-refractivity contribution in [2.24, 2.45) is 0 Å². The number of hydrogen-bond acceptors (Lipinski definition) is 4. The summed E-state index contributed by atoms with van der Waals surface area (Å²) in [6.07, 6.45) is 4.05. The van der Waals surface area contributed by atoms with Crippen LogP contribution in [-0.2, 0) is 11.3 Å². The third kappa shape index (κ3) is 7.14. The number of anilines is 2. The summed E-state index contributed by atoms with van der Waals surface area (Å²) in [6.45, 7) is 5.46. The molecule has 0 saturated heterocycles. The summed E-state index contributed by atoms with van der Waals surface area (Å²) in [5.74, 6) is 0.984. The second-order valence-electron chi connectivity index (χ2n) is 8.57. The van der Waals surface area contributed by atoms with Gasteiger partial charge in [-0.3, -0.25) is 4.79 Å². The van der Waals surface area contributed by atoms with Gasteiger partial charge in [-0.05, 0) is 74.6 Å². The highest BCUT2D eigenvalue weighted by Crippen LogP contribution is 2.27. The maximum atomic E-state index is 11.3. The molecule has 3 aromatic rings. The molecule has 1 fully saturated rings. The molecule has 0 spiro atoms. The Hall–Kier alpha value is -2.21. The maximum Gasteiger partial charge on any atom is 0.217 e. The van der Waals surface area contributed by atoms with E-state index in [4.69, 9.17) is 16.6 Å². The Labute approximate surface area is 219 Å². The second kappa shape index (κ2) is 13.0. The van der Waals surface area contributed by atoms with Crippen molar-refractivity contribution >= 4 is 64.7 Å². The predicted molar refractivity (Wildman–Crippen MR) is 148 cm³/mol. The van der Waals surface area contributed by atoms with Gasteiger partial charge in [0.2, 0.25) is 5.91 Å². The number of nitrogens with zero attached hydrogens (tertiary/aromatic N) is 2. The zero-order valence-electron chi connectivity index (χ0n) is 19.6. The van der Waals surface area contributed by atoms with Crippen molar-refractivity contribution in [2.45, 2.75) is 58.2 Å². The van der Waals surface area contributed by atoms with Crippen LogP contribution in [0.25, 0.3) is 10.9 Å². The molecule has 1 aliphatic rings. The summed E-state index contributed by atoms with van der Waals surface area (Å²) >= 11 is 6.09. The molecule has 0 atom stereocenters. The van der Waals surface area contributed by atoms with Gasteiger partial charge in [0.1, 0.15) is 5.82 Å². The van der Waals surface area contributed by atoms with Gasteiger partial charge < -0.3 is 15.5 Å². The number of aromatic nitrogens is 1. The zero-order valence-corrected chi connectivity index (χ0v) is 22.0. The summed E-state index contributed by atoms with van der Waals surface area (Å²) in [4.78, 5) is 18.6. The average Bonchev–Trinajstić information content (AvgIpc) is 2.79. The van der Waals surface area contributed by atoms with E-state index < -0.39 is 0 Å². The minimum absolute atomic E-state index is 0. The van der Waals surface area contributed by atoms with E-state index in [1.54, 1.807) is 6.92 Å². The highest BCUT2D eigenvalue weighted by Gasteiger charge is 2.22. The lowest BCUT2D eigenvalue weighted by Gasteiger charge is -2.30. The first-order valence-corrected chi connectivity index (χ1v) is 11.8. The number of rotatable bonds is 7. The molecule has 0 bridgehead atoms. The van der Waals surface area contributed by atoms with Crippen molar-refractivity contribution < 1.29 is 4.79 Å². The number of carbonyl (C=O) groups excluding carboxylic acids is 1. The third-order valence-corrected chi connectivity index (χ3v) is 6.48. The van der Waals surface area contributed by atoms with Crippen LogP contribution in [0, 0.1) is 0 Å². The summed E-state index contributed by atoms with van der Waals surface area (Å²) in [5.41, 5.74) is 3.41. The van der Waals surface area contributed by atoms with Crippen molar-refractivity contribution in [1.29, 1.82) is 0 Å². The predicted octanol–water partition coefficient (Wildman–Crippen LogP) is 6.62. The van der Waals surface area contributed by atoms with E-state index in [0.29, 0.717) is 12.1 Å². The van der Waals surface area contributed by atoms with Crippen LogP contribution in [0.4, 0.5) is 11.5 Å². The average molecular weight is 524 g/mol. The van der Waals surface area contributed by atoms with E-state index >= 15 is 0 Å². The van der Waals surface area contributed by atoms with Crippen molar-refractivity contribution in [3.05, 3.63) is 65.2 Å². The molecular weight excluding hydrogens is 491 g/mol. The van der Waals surface area contributed by atoms with Gasteiger partial charge in [0, 0.05) is 48.2 Å². The van der Waals surface area contributed by atoms with Crippen molar-refractivity contribution in [2.75, 3.05) is 16.8 Å². The van der Waals surface area contributed by atoms with Crippen LogP contribution in [0.15, 0.2) is 54.6 Å². The molecule has 1 heterocycles. The van der Waals surface area contributed by atoms with E-state index in [0.717, 1.165) is 60.8 Å². The summed E-state index contributed by atoms with van der Waals surface area (Å²) in [6, 6.07) is 19.2. The van der Waals surface area contributed by atoms with Gasteiger partial charge >= 0.3 is 0 Å². The quantitative estimate of drug-likeness (QED) is 0.365. The van der Waals surface area contributed by atoms with Crippen LogP contribution in [0.2, 0.25) is 5.02 Å². The Bertz CT molecular complexity index is 1070. The number of fused-ring (bicyclic) bond motifs is 1. The Morgan fingerprint density at radius 2 is 1.68 bits per heavy atom. The lowest BCUT2D eigenvalue weighted by atomic mass is 9.91. The first-order chi connectivity index (χ1) is 15.5. The number of benzene rings is 2. The molecule has 8 heteroatoms.